The van der Waals surface area contributed by atoms with Crippen molar-refractivity contribution in [3.63, 3.8) is 0 Å². The Hall–Kier alpha value is -3.39. The predicted octanol–water partition coefficient (Wildman–Crippen LogP) is 3.82. The Morgan fingerprint density at radius 2 is 1.62 bits per heavy atom. The lowest BCUT2D eigenvalue weighted by Gasteiger charge is -2.34. The molecule has 1 fully saturated rings. The van der Waals surface area contributed by atoms with Crippen molar-refractivity contribution in [1.29, 1.82) is 0 Å². The van der Waals surface area contributed by atoms with Gasteiger partial charge in [0.2, 0.25) is 0 Å². The molecule has 166 valence electrons. The molecule has 1 aliphatic rings. The molecule has 3 aromatic rings. The van der Waals surface area contributed by atoms with Gasteiger partial charge < -0.3 is 19.6 Å². The van der Waals surface area contributed by atoms with E-state index in [1.807, 2.05) is 38.1 Å². The fourth-order valence-electron chi connectivity index (χ4n) is 3.66. The summed E-state index contributed by atoms with van der Waals surface area (Å²) < 4.78 is 5.48. The molecule has 1 aliphatic heterocycles. The molecule has 2 amide bonds. The topological polar surface area (TPSA) is 83.0 Å². The van der Waals surface area contributed by atoms with Gasteiger partial charge in [-0.15, -0.1) is 11.3 Å². The number of aryl methyl sites for hydroxylation is 1. The van der Waals surface area contributed by atoms with Crippen LogP contribution in [0.25, 0.3) is 10.6 Å². The van der Waals surface area contributed by atoms with Gasteiger partial charge in [0, 0.05) is 31.7 Å². The predicted molar refractivity (Wildman–Crippen MR) is 123 cm³/mol. The molecular formula is C24H25N3O4S. The van der Waals surface area contributed by atoms with Gasteiger partial charge in [0.05, 0.1) is 17.9 Å². The molecule has 2 heterocycles. The minimum Gasteiger partial charge on any atom is -0.507 e. The van der Waals surface area contributed by atoms with Crippen molar-refractivity contribution in [2.45, 2.75) is 13.8 Å². The molecule has 1 N–H and O–H groups in total. The Labute approximate surface area is 190 Å². The SMILES string of the molecule is CCOc1ccc(-c2nc(C)c(C(=O)N3CCN(C(=O)c4ccccc4O)CC3)s2)cc1. The highest BCUT2D eigenvalue weighted by atomic mass is 32.1. The summed E-state index contributed by atoms with van der Waals surface area (Å²) in [6, 6.07) is 14.2. The van der Waals surface area contributed by atoms with Gasteiger partial charge in [0.15, 0.2) is 0 Å². The van der Waals surface area contributed by atoms with Crippen LogP contribution >= 0.6 is 11.3 Å². The first kappa shape index (κ1) is 21.8. The van der Waals surface area contributed by atoms with Crippen LogP contribution in [0.4, 0.5) is 0 Å². The third-order valence-corrected chi connectivity index (χ3v) is 6.59. The van der Waals surface area contributed by atoms with Crippen LogP contribution in [0.3, 0.4) is 0 Å². The van der Waals surface area contributed by atoms with E-state index in [0.29, 0.717) is 43.4 Å². The van der Waals surface area contributed by atoms with Crippen molar-refractivity contribution < 1.29 is 19.4 Å². The van der Waals surface area contributed by atoms with E-state index in [9.17, 15) is 14.7 Å². The molecule has 4 rings (SSSR count). The summed E-state index contributed by atoms with van der Waals surface area (Å²) in [6.07, 6.45) is 0. The van der Waals surface area contributed by atoms with Crippen LogP contribution in [0.1, 0.15) is 32.6 Å². The summed E-state index contributed by atoms with van der Waals surface area (Å²) in [5, 5.41) is 10.7. The van der Waals surface area contributed by atoms with E-state index < -0.39 is 0 Å². The van der Waals surface area contributed by atoms with Crippen LogP contribution in [-0.4, -0.2) is 64.5 Å². The molecule has 7 nitrogen and oxygen atoms in total. The first-order valence-corrected chi connectivity index (χ1v) is 11.4. The molecule has 0 bridgehead atoms. The summed E-state index contributed by atoms with van der Waals surface area (Å²) in [7, 11) is 0. The number of thiazole rings is 1. The number of benzene rings is 2. The van der Waals surface area contributed by atoms with Gasteiger partial charge in [-0.1, -0.05) is 12.1 Å². The first-order chi connectivity index (χ1) is 15.5. The first-order valence-electron chi connectivity index (χ1n) is 10.5. The number of para-hydroxylation sites is 1. The summed E-state index contributed by atoms with van der Waals surface area (Å²) >= 11 is 1.38. The number of aromatic hydroxyl groups is 1. The second-order valence-corrected chi connectivity index (χ2v) is 8.49. The maximum absolute atomic E-state index is 13.1. The molecule has 0 unspecified atom stereocenters. The average molecular weight is 452 g/mol. The molecule has 1 saturated heterocycles. The number of phenols is 1. The molecule has 0 atom stereocenters. The Morgan fingerprint density at radius 3 is 2.25 bits per heavy atom. The lowest BCUT2D eigenvalue weighted by molar-refractivity contribution is 0.0535. The number of hydrogen-bond acceptors (Lipinski definition) is 6. The maximum atomic E-state index is 13.1. The Kier molecular flexibility index (Phi) is 6.41. The number of aromatic nitrogens is 1. The van der Waals surface area contributed by atoms with Gasteiger partial charge >= 0.3 is 0 Å². The second-order valence-electron chi connectivity index (χ2n) is 7.49. The van der Waals surface area contributed by atoms with E-state index >= 15 is 0 Å². The number of piperazine rings is 1. The van der Waals surface area contributed by atoms with Gasteiger partial charge in [-0.25, -0.2) is 4.98 Å². The zero-order valence-corrected chi connectivity index (χ0v) is 18.9. The highest BCUT2D eigenvalue weighted by molar-refractivity contribution is 7.17. The maximum Gasteiger partial charge on any atom is 0.265 e. The highest BCUT2D eigenvalue weighted by Crippen LogP contribution is 2.30. The van der Waals surface area contributed by atoms with Crippen molar-refractivity contribution in [1.82, 2.24) is 14.8 Å². The molecule has 0 spiro atoms. The molecule has 0 radical (unpaired) electrons. The van der Waals surface area contributed by atoms with Crippen molar-refractivity contribution >= 4 is 23.2 Å². The van der Waals surface area contributed by atoms with Gasteiger partial charge in [0.1, 0.15) is 21.4 Å². The van der Waals surface area contributed by atoms with Crippen LogP contribution in [0, 0.1) is 6.92 Å². The summed E-state index contributed by atoms with van der Waals surface area (Å²) in [6.45, 7) is 6.11. The Morgan fingerprint density at radius 1 is 1.00 bits per heavy atom. The number of nitrogens with zero attached hydrogens (tertiary/aromatic N) is 3. The van der Waals surface area contributed by atoms with E-state index in [1.54, 1.807) is 28.0 Å². The minimum atomic E-state index is -0.220. The van der Waals surface area contributed by atoms with Gasteiger partial charge in [-0.05, 0) is 50.2 Å². The standard InChI is InChI=1S/C24H25N3O4S/c1-3-31-18-10-8-17(9-11-18)22-25-16(2)21(32-22)24(30)27-14-12-26(13-15-27)23(29)19-6-4-5-7-20(19)28/h4-11,28H,3,12-15H2,1-2H3. The smallest absolute Gasteiger partial charge is 0.265 e. The number of ether oxygens (including phenoxy) is 1. The third kappa shape index (κ3) is 4.45. The van der Waals surface area contributed by atoms with Crippen LogP contribution in [0.2, 0.25) is 0 Å². The molecule has 0 saturated carbocycles. The summed E-state index contributed by atoms with van der Waals surface area (Å²) in [5.74, 6) is 0.490. The lowest BCUT2D eigenvalue weighted by atomic mass is 10.1. The van der Waals surface area contributed by atoms with E-state index in [-0.39, 0.29) is 23.1 Å². The molecule has 8 heteroatoms. The number of hydrogen-bond donors (Lipinski definition) is 1. The van der Waals surface area contributed by atoms with Crippen LogP contribution < -0.4 is 4.74 Å². The average Bonchev–Trinajstić information content (AvgIpc) is 3.21. The molecule has 2 aromatic carbocycles. The number of phenolic OH excluding ortho intramolecular Hbond substituents is 1. The number of rotatable bonds is 5. The summed E-state index contributed by atoms with van der Waals surface area (Å²) in [4.78, 5) is 34.5. The second kappa shape index (κ2) is 9.40. The monoisotopic (exact) mass is 451 g/mol. The number of carbonyl (C=O) groups is 2. The van der Waals surface area contributed by atoms with Crippen LogP contribution in [0.15, 0.2) is 48.5 Å². The van der Waals surface area contributed by atoms with Crippen LogP contribution in [0.5, 0.6) is 11.5 Å². The van der Waals surface area contributed by atoms with Crippen molar-refractivity contribution in [2.24, 2.45) is 0 Å². The zero-order valence-electron chi connectivity index (χ0n) is 18.1. The Bertz CT molecular complexity index is 1120. The third-order valence-electron chi connectivity index (χ3n) is 5.39. The highest BCUT2D eigenvalue weighted by Gasteiger charge is 2.28. The Balaban J connectivity index is 1.42. The van der Waals surface area contributed by atoms with Crippen LogP contribution in [-0.2, 0) is 0 Å². The normalized spacial score (nSPS) is 13.8. The van der Waals surface area contributed by atoms with E-state index in [0.717, 1.165) is 16.3 Å². The number of amides is 2. The molecular weight excluding hydrogens is 426 g/mol. The van der Waals surface area contributed by atoms with Crippen molar-refractivity contribution in [3.8, 4) is 22.1 Å². The number of carbonyl (C=O) groups excluding carboxylic acids is 2. The van der Waals surface area contributed by atoms with Gasteiger partial charge in [-0.3, -0.25) is 9.59 Å². The van der Waals surface area contributed by atoms with Gasteiger partial charge in [0.25, 0.3) is 11.8 Å². The molecule has 0 aliphatic carbocycles. The fraction of sp³-hybridized carbons (Fsp3) is 0.292. The van der Waals surface area contributed by atoms with E-state index in [1.165, 1.54) is 17.4 Å². The molecule has 32 heavy (non-hydrogen) atoms. The zero-order chi connectivity index (χ0) is 22.7. The van der Waals surface area contributed by atoms with E-state index in [4.69, 9.17) is 4.74 Å². The lowest BCUT2D eigenvalue weighted by Crippen LogP contribution is -2.50. The van der Waals surface area contributed by atoms with Crippen molar-refractivity contribution in [2.75, 3.05) is 32.8 Å². The van der Waals surface area contributed by atoms with Crippen molar-refractivity contribution in [3.05, 3.63) is 64.7 Å². The van der Waals surface area contributed by atoms with Gasteiger partial charge in [-0.2, -0.15) is 0 Å². The quantitative estimate of drug-likeness (QED) is 0.638. The van der Waals surface area contributed by atoms with E-state index in [2.05, 4.69) is 4.98 Å². The molecule has 1 aromatic heterocycles. The largest absolute Gasteiger partial charge is 0.507 e. The fourth-order valence-corrected chi connectivity index (χ4v) is 4.70. The minimum absolute atomic E-state index is 0.0295. The summed E-state index contributed by atoms with van der Waals surface area (Å²) in [5.41, 5.74) is 1.93.